The summed E-state index contributed by atoms with van der Waals surface area (Å²) in [5, 5.41) is 9.79. The summed E-state index contributed by atoms with van der Waals surface area (Å²) in [6.45, 7) is 2.02. The van der Waals surface area contributed by atoms with Crippen molar-refractivity contribution in [1.82, 2.24) is 4.98 Å². The van der Waals surface area contributed by atoms with E-state index in [-0.39, 0.29) is 5.75 Å². The highest BCUT2D eigenvalue weighted by atomic mass is 16.5. The number of phenols is 1. The zero-order valence-electron chi connectivity index (χ0n) is 9.55. The van der Waals surface area contributed by atoms with Crippen LogP contribution in [-0.2, 0) is 6.42 Å². The molecule has 1 heterocycles. The minimum atomic E-state index is 0.104. The van der Waals surface area contributed by atoms with Gasteiger partial charge in [-0.15, -0.1) is 0 Å². The van der Waals surface area contributed by atoms with Gasteiger partial charge in [-0.2, -0.15) is 0 Å². The summed E-state index contributed by atoms with van der Waals surface area (Å²) >= 11 is 0. The van der Waals surface area contributed by atoms with Crippen LogP contribution in [0.15, 0.2) is 36.5 Å². The first-order valence-electron chi connectivity index (χ1n) is 5.41. The Labute approximate surface area is 99.7 Å². The number of ether oxygens (including phenoxy) is 1. The summed E-state index contributed by atoms with van der Waals surface area (Å²) in [4.78, 5) is 3.91. The number of nitrogens with zero attached hydrogens (tertiary/aromatic N) is 1. The van der Waals surface area contributed by atoms with Gasteiger partial charge in [0.1, 0.15) is 0 Å². The lowest BCUT2D eigenvalue weighted by Crippen LogP contribution is -1.94. The second-order valence-corrected chi connectivity index (χ2v) is 3.64. The van der Waals surface area contributed by atoms with Gasteiger partial charge >= 0.3 is 0 Å². The van der Waals surface area contributed by atoms with Crippen molar-refractivity contribution in [3.05, 3.63) is 42.1 Å². The number of aryl methyl sites for hydroxylation is 1. The van der Waals surface area contributed by atoms with Crippen LogP contribution in [-0.4, -0.2) is 10.1 Å². The molecule has 0 saturated heterocycles. The number of nitrogens with two attached hydrogens (primary N) is 1. The zero-order chi connectivity index (χ0) is 12.3. The van der Waals surface area contributed by atoms with E-state index in [0.717, 1.165) is 12.0 Å². The first-order chi connectivity index (χ1) is 8.20. The Bertz CT molecular complexity index is 527. The maximum Gasteiger partial charge on any atom is 0.169 e. The van der Waals surface area contributed by atoms with Gasteiger partial charge < -0.3 is 15.6 Å². The summed E-state index contributed by atoms with van der Waals surface area (Å²) in [5.74, 6) is 1.22. The minimum Gasteiger partial charge on any atom is -0.504 e. The molecule has 0 bridgehead atoms. The molecule has 17 heavy (non-hydrogen) atoms. The van der Waals surface area contributed by atoms with Crippen molar-refractivity contribution in [2.75, 3.05) is 5.73 Å². The molecule has 0 radical (unpaired) electrons. The van der Waals surface area contributed by atoms with Gasteiger partial charge in [0.15, 0.2) is 23.1 Å². The fourth-order valence-electron chi connectivity index (χ4n) is 1.48. The molecule has 0 aliphatic heterocycles. The van der Waals surface area contributed by atoms with E-state index in [9.17, 15) is 5.11 Å². The van der Waals surface area contributed by atoms with Crippen molar-refractivity contribution in [2.24, 2.45) is 0 Å². The standard InChI is InChI=1S/C13H14N2O2/c1-2-9-5-6-11(10(16)8-9)17-12-4-3-7-15-13(12)14/h3-8,16H,2H2,1H3,(H2,14,15). The van der Waals surface area contributed by atoms with Gasteiger partial charge in [0, 0.05) is 6.20 Å². The van der Waals surface area contributed by atoms with E-state index in [1.807, 2.05) is 13.0 Å². The first-order valence-corrected chi connectivity index (χ1v) is 5.41. The number of hydrogen-bond donors (Lipinski definition) is 2. The average molecular weight is 230 g/mol. The number of nitrogen functional groups attached to an aromatic ring is 1. The number of aromatic nitrogens is 1. The smallest absolute Gasteiger partial charge is 0.169 e. The molecule has 2 rings (SSSR count). The molecular weight excluding hydrogens is 216 g/mol. The third-order valence-electron chi connectivity index (χ3n) is 2.45. The van der Waals surface area contributed by atoms with Crippen molar-refractivity contribution in [1.29, 1.82) is 0 Å². The number of pyridine rings is 1. The summed E-state index contributed by atoms with van der Waals surface area (Å²) in [6, 6.07) is 8.74. The Balaban J connectivity index is 2.28. The van der Waals surface area contributed by atoms with Crippen LogP contribution >= 0.6 is 0 Å². The number of hydrogen-bond acceptors (Lipinski definition) is 4. The maximum atomic E-state index is 9.79. The quantitative estimate of drug-likeness (QED) is 0.850. The van der Waals surface area contributed by atoms with Gasteiger partial charge in [-0.3, -0.25) is 0 Å². The van der Waals surface area contributed by atoms with E-state index in [1.165, 1.54) is 0 Å². The van der Waals surface area contributed by atoms with E-state index in [0.29, 0.717) is 17.3 Å². The second-order valence-electron chi connectivity index (χ2n) is 3.64. The Morgan fingerprint density at radius 2 is 2.12 bits per heavy atom. The molecule has 0 unspecified atom stereocenters. The van der Waals surface area contributed by atoms with Crippen molar-refractivity contribution >= 4 is 5.82 Å². The number of benzene rings is 1. The van der Waals surface area contributed by atoms with E-state index in [1.54, 1.807) is 30.5 Å². The minimum absolute atomic E-state index is 0.104. The van der Waals surface area contributed by atoms with Crippen LogP contribution in [0, 0.1) is 0 Å². The van der Waals surface area contributed by atoms with Crippen LogP contribution in [0.2, 0.25) is 0 Å². The lowest BCUT2D eigenvalue weighted by molar-refractivity contribution is 0.411. The number of rotatable bonds is 3. The lowest BCUT2D eigenvalue weighted by atomic mass is 10.1. The van der Waals surface area contributed by atoms with Crippen LogP contribution in [0.3, 0.4) is 0 Å². The molecular formula is C13H14N2O2. The van der Waals surface area contributed by atoms with Gasteiger partial charge in [0.25, 0.3) is 0 Å². The summed E-state index contributed by atoms with van der Waals surface area (Å²) in [5.41, 5.74) is 6.71. The van der Waals surface area contributed by atoms with Gasteiger partial charge in [0.05, 0.1) is 0 Å². The molecule has 88 valence electrons. The third kappa shape index (κ3) is 2.47. The van der Waals surface area contributed by atoms with Gasteiger partial charge in [-0.1, -0.05) is 13.0 Å². The van der Waals surface area contributed by atoms with E-state index in [4.69, 9.17) is 10.5 Å². The normalized spacial score (nSPS) is 10.2. The predicted molar refractivity (Wildman–Crippen MR) is 66.2 cm³/mol. The molecule has 1 aromatic heterocycles. The van der Waals surface area contributed by atoms with Crippen molar-refractivity contribution in [3.8, 4) is 17.2 Å². The largest absolute Gasteiger partial charge is 0.504 e. The number of phenolic OH excluding ortho intramolecular Hbond substituents is 1. The van der Waals surface area contributed by atoms with Crippen LogP contribution in [0.1, 0.15) is 12.5 Å². The molecule has 0 aliphatic carbocycles. The van der Waals surface area contributed by atoms with E-state index < -0.39 is 0 Å². The second kappa shape index (κ2) is 4.74. The van der Waals surface area contributed by atoms with Crippen molar-refractivity contribution < 1.29 is 9.84 Å². The van der Waals surface area contributed by atoms with Crippen molar-refractivity contribution in [3.63, 3.8) is 0 Å². The highest BCUT2D eigenvalue weighted by Crippen LogP contribution is 2.33. The van der Waals surface area contributed by atoms with Gasteiger partial charge in [-0.05, 0) is 36.2 Å². The monoisotopic (exact) mass is 230 g/mol. The molecule has 0 spiro atoms. The lowest BCUT2D eigenvalue weighted by Gasteiger charge is -2.09. The summed E-state index contributed by atoms with van der Waals surface area (Å²) < 4.78 is 5.50. The molecule has 0 amide bonds. The maximum absolute atomic E-state index is 9.79. The SMILES string of the molecule is CCc1ccc(Oc2cccnc2N)c(O)c1. The first kappa shape index (κ1) is 11.3. The zero-order valence-corrected chi connectivity index (χ0v) is 9.55. The highest BCUT2D eigenvalue weighted by Gasteiger charge is 2.07. The average Bonchev–Trinajstić information content (AvgIpc) is 2.34. The Kier molecular flexibility index (Phi) is 3.14. The third-order valence-corrected chi connectivity index (χ3v) is 2.45. The van der Waals surface area contributed by atoms with Gasteiger partial charge in [-0.25, -0.2) is 4.98 Å². The Morgan fingerprint density at radius 3 is 2.76 bits per heavy atom. The molecule has 4 nitrogen and oxygen atoms in total. The predicted octanol–water partition coefficient (Wildman–Crippen LogP) is 2.72. The van der Waals surface area contributed by atoms with E-state index >= 15 is 0 Å². The van der Waals surface area contributed by atoms with Gasteiger partial charge in [0.2, 0.25) is 0 Å². The molecule has 3 N–H and O–H groups in total. The molecule has 2 aromatic rings. The topological polar surface area (TPSA) is 68.4 Å². The molecule has 1 aromatic carbocycles. The van der Waals surface area contributed by atoms with Crippen LogP contribution in [0.4, 0.5) is 5.82 Å². The van der Waals surface area contributed by atoms with Crippen LogP contribution in [0.5, 0.6) is 17.2 Å². The molecule has 0 fully saturated rings. The molecule has 0 aliphatic rings. The number of aromatic hydroxyl groups is 1. The van der Waals surface area contributed by atoms with Crippen LogP contribution < -0.4 is 10.5 Å². The molecule has 4 heteroatoms. The number of anilines is 1. The molecule has 0 saturated carbocycles. The van der Waals surface area contributed by atoms with Crippen molar-refractivity contribution in [2.45, 2.75) is 13.3 Å². The Morgan fingerprint density at radius 1 is 1.29 bits per heavy atom. The Hall–Kier alpha value is -2.23. The fraction of sp³-hybridized carbons (Fsp3) is 0.154. The summed E-state index contributed by atoms with van der Waals surface area (Å²) in [6.07, 6.45) is 2.45. The fourth-order valence-corrected chi connectivity index (χ4v) is 1.48. The van der Waals surface area contributed by atoms with E-state index in [2.05, 4.69) is 4.98 Å². The van der Waals surface area contributed by atoms with Crippen LogP contribution in [0.25, 0.3) is 0 Å². The highest BCUT2D eigenvalue weighted by molar-refractivity contribution is 5.50. The molecule has 0 atom stereocenters. The summed E-state index contributed by atoms with van der Waals surface area (Å²) in [7, 11) is 0.